The Labute approximate surface area is 174 Å². The number of esters is 1. The zero-order chi connectivity index (χ0) is 21.2. The fraction of sp³-hybridized carbons (Fsp3) is 0.800. The minimum absolute atomic E-state index is 0.0109. The van der Waals surface area contributed by atoms with Crippen molar-refractivity contribution < 1.29 is 19.1 Å². The normalized spacial score (nSPS) is 46.7. The Morgan fingerprint density at radius 2 is 1.72 bits per heavy atom. The number of Topliss-reactive ketones (excluding diaryl/α,β-unsaturated/α-hetero) is 1. The Morgan fingerprint density at radius 1 is 1.00 bits per heavy atom. The van der Waals surface area contributed by atoms with Crippen LogP contribution in [-0.2, 0) is 19.1 Å². The maximum absolute atomic E-state index is 13.1. The van der Waals surface area contributed by atoms with Crippen LogP contribution < -0.4 is 0 Å². The van der Waals surface area contributed by atoms with Crippen LogP contribution in [-0.4, -0.2) is 23.1 Å². The van der Waals surface area contributed by atoms with E-state index >= 15 is 0 Å². The summed E-state index contributed by atoms with van der Waals surface area (Å²) in [5, 5.41) is 0. The number of ether oxygens (including phenoxy) is 1. The van der Waals surface area contributed by atoms with Gasteiger partial charge in [0.05, 0.1) is 0 Å². The molecule has 4 aliphatic carbocycles. The molecule has 0 aliphatic heterocycles. The van der Waals surface area contributed by atoms with E-state index in [4.69, 9.17) is 4.74 Å². The topological polar surface area (TPSA) is 60.4 Å². The highest BCUT2D eigenvalue weighted by molar-refractivity contribution is 5.91. The Kier molecular flexibility index (Phi) is 4.87. The summed E-state index contributed by atoms with van der Waals surface area (Å²) in [5.41, 5.74) is 0.153. The van der Waals surface area contributed by atoms with Crippen molar-refractivity contribution >= 4 is 17.5 Å². The first-order chi connectivity index (χ1) is 13.6. The smallest absolute Gasteiger partial charge is 0.303 e. The van der Waals surface area contributed by atoms with Crippen LogP contribution in [0.1, 0.15) is 86.0 Å². The monoisotopic (exact) mass is 400 g/mol. The molecule has 160 valence electrons. The van der Waals surface area contributed by atoms with Crippen LogP contribution in [0.2, 0.25) is 0 Å². The van der Waals surface area contributed by atoms with Crippen molar-refractivity contribution in [2.75, 3.05) is 0 Å². The zero-order valence-corrected chi connectivity index (χ0v) is 18.7. The molecule has 0 heterocycles. The van der Waals surface area contributed by atoms with E-state index in [0.717, 1.165) is 44.9 Å². The second kappa shape index (κ2) is 6.78. The van der Waals surface area contributed by atoms with Crippen molar-refractivity contribution in [2.45, 2.75) is 91.6 Å². The van der Waals surface area contributed by atoms with Gasteiger partial charge < -0.3 is 4.74 Å². The van der Waals surface area contributed by atoms with Crippen molar-refractivity contribution in [3.05, 3.63) is 11.6 Å². The minimum Gasteiger partial charge on any atom is -0.450 e. The second-order valence-corrected chi connectivity index (χ2v) is 10.8. The molecule has 0 aromatic heterocycles. The van der Waals surface area contributed by atoms with E-state index in [9.17, 15) is 14.4 Å². The summed E-state index contributed by atoms with van der Waals surface area (Å²) in [4.78, 5) is 37.2. The molecule has 0 unspecified atom stereocenters. The highest BCUT2D eigenvalue weighted by Crippen LogP contribution is 2.67. The predicted octanol–water partition coefficient (Wildman–Crippen LogP) is 5.05. The van der Waals surface area contributed by atoms with E-state index in [1.807, 2.05) is 6.08 Å². The average molecular weight is 401 g/mol. The number of rotatable bonds is 2. The molecule has 0 saturated heterocycles. The van der Waals surface area contributed by atoms with E-state index in [2.05, 4.69) is 20.8 Å². The molecule has 0 amide bonds. The summed E-state index contributed by atoms with van der Waals surface area (Å²) in [6.45, 7) is 9.75. The second-order valence-electron chi connectivity index (χ2n) is 10.8. The van der Waals surface area contributed by atoms with Gasteiger partial charge in [-0.15, -0.1) is 0 Å². The Balaban J connectivity index is 1.75. The first-order valence-electron chi connectivity index (χ1n) is 11.5. The SMILES string of the molecule is CC(=O)O[C@@]1(C(C)=O)[C@@H](C)CC[C@H]2[C@@H]3CCC4=CC(=O)CC[C@@]4(C)[C@H]3CC[C@@]21C. The van der Waals surface area contributed by atoms with E-state index in [0.29, 0.717) is 24.2 Å². The maximum atomic E-state index is 13.1. The minimum atomic E-state index is -1.01. The molecule has 0 N–H and O–H groups in total. The van der Waals surface area contributed by atoms with E-state index < -0.39 is 5.60 Å². The van der Waals surface area contributed by atoms with Gasteiger partial charge in [0.1, 0.15) is 0 Å². The number of allylic oxidation sites excluding steroid dienone is 2. The number of carbonyl (C=O) groups is 3. The summed E-state index contributed by atoms with van der Waals surface area (Å²) in [6, 6.07) is 0. The van der Waals surface area contributed by atoms with Gasteiger partial charge in [-0.2, -0.15) is 0 Å². The van der Waals surface area contributed by atoms with Gasteiger partial charge in [0.15, 0.2) is 17.2 Å². The Morgan fingerprint density at radius 3 is 2.38 bits per heavy atom. The largest absolute Gasteiger partial charge is 0.450 e. The van der Waals surface area contributed by atoms with Gasteiger partial charge in [-0.05, 0) is 81.1 Å². The Hall–Kier alpha value is -1.45. The molecule has 0 aromatic carbocycles. The molecule has 0 aromatic rings. The van der Waals surface area contributed by atoms with Crippen LogP contribution in [0.3, 0.4) is 0 Å². The van der Waals surface area contributed by atoms with Gasteiger partial charge in [-0.25, -0.2) is 0 Å². The van der Waals surface area contributed by atoms with Gasteiger partial charge in [-0.3, -0.25) is 14.4 Å². The number of fused-ring (bicyclic) bond motifs is 5. The summed E-state index contributed by atoms with van der Waals surface area (Å²) in [5.74, 6) is 1.48. The summed E-state index contributed by atoms with van der Waals surface area (Å²) in [7, 11) is 0. The van der Waals surface area contributed by atoms with Crippen LogP contribution in [0.25, 0.3) is 0 Å². The third kappa shape index (κ3) is 2.73. The molecule has 4 heteroatoms. The fourth-order valence-corrected chi connectivity index (χ4v) is 8.33. The lowest BCUT2D eigenvalue weighted by molar-refractivity contribution is -0.227. The van der Waals surface area contributed by atoms with Crippen molar-refractivity contribution in [2.24, 2.45) is 34.5 Å². The molecular weight excluding hydrogens is 364 g/mol. The van der Waals surface area contributed by atoms with Crippen LogP contribution >= 0.6 is 0 Å². The lowest BCUT2D eigenvalue weighted by atomic mass is 9.40. The molecule has 0 radical (unpaired) electrons. The Bertz CT molecular complexity index is 782. The zero-order valence-electron chi connectivity index (χ0n) is 18.7. The van der Waals surface area contributed by atoms with E-state index in [1.165, 1.54) is 12.5 Å². The van der Waals surface area contributed by atoms with Crippen molar-refractivity contribution in [1.29, 1.82) is 0 Å². The molecule has 0 bridgehead atoms. The van der Waals surface area contributed by atoms with Gasteiger partial charge in [0.25, 0.3) is 0 Å². The van der Waals surface area contributed by atoms with Crippen molar-refractivity contribution in [3.8, 4) is 0 Å². The highest BCUT2D eigenvalue weighted by atomic mass is 16.6. The summed E-state index contributed by atoms with van der Waals surface area (Å²) >= 11 is 0. The van der Waals surface area contributed by atoms with Crippen LogP contribution in [0.15, 0.2) is 11.6 Å². The number of hydrogen-bond donors (Lipinski definition) is 0. The van der Waals surface area contributed by atoms with Gasteiger partial charge in [0.2, 0.25) is 0 Å². The van der Waals surface area contributed by atoms with Gasteiger partial charge in [-0.1, -0.05) is 26.3 Å². The number of carbonyl (C=O) groups excluding carboxylic acids is 3. The van der Waals surface area contributed by atoms with Gasteiger partial charge in [0, 0.05) is 24.7 Å². The third-order valence-electron chi connectivity index (χ3n) is 9.63. The molecule has 4 rings (SSSR count). The maximum Gasteiger partial charge on any atom is 0.303 e. The lowest BCUT2D eigenvalue weighted by Crippen LogP contribution is -2.67. The van der Waals surface area contributed by atoms with Crippen LogP contribution in [0.4, 0.5) is 0 Å². The number of ketones is 2. The fourth-order valence-electron chi connectivity index (χ4n) is 8.33. The summed E-state index contributed by atoms with van der Waals surface area (Å²) in [6.07, 6.45) is 9.61. The highest BCUT2D eigenvalue weighted by Gasteiger charge is 2.67. The van der Waals surface area contributed by atoms with Crippen molar-refractivity contribution in [3.63, 3.8) is 0 Å². The van der Waals surface area contributed by atoms with E-state index in [-0.39, 0.29) is 34.3 Å². The first kappa shape index (κ1) is 20.8. The standard InChI is InChI=1S/C25H36O4/c1-15-6-9-22-20-8-7-18-14-19(28)10-12-23(18,4)21(20)11-13-24(22,5)25(15,16(2)26)29-17(3)27/h14-15,20-22H,6-13H2,1-5H3/t15-,20+,21-,22-,23+,24-,25+/m0/s1. The third-order valence-corrected chi connectivity index (χ3v) is 9.63. The van der Waals surface area contributed by atoms with Crippen LogP contribution in [0, 0.1) is 34.5 Å². The predicted molar refractivity (Wildman–Crippen MR) is 111 cm³/mol. The quantitative estimate of drug-likeness (QED) is 0.609. The molecular formula is C25H36O4. The molecule has 29 heavy (non-hydrogen) atoms. The molecule has 0 spiro atoms. The molecule has 4 nitrogen and oxygen atoms in total. The van der Waals surface area contributed by atoms with Gasteiger partial charge >= 0.3 is 5.97 Å². The first-order valence-corrected chi connectivity index (χ1v) is 11.5. The van der Waals surface area contributed by atoms with Crippen molar-refractivity contribution in [1.82, 2.24) is 0 Å². The molecule has 3 saturated carbocycles. The molecule has 3 fully saturated rings. The number of hydrogen-bond acceptors (Lipinski definition) is 4. The summed E-state index contributed by atoms with van der Waals surface area (Å²) < 4.78 is 6.01. The molecule has 7 atom stereocenters. The lowest BCUT2D eigenvalue weighted by Gasteiger charge is -2.65. The molecule has 4 aliphatic rings. The average Bonchev–Trinajstić information content (AvgIpc) is 2.64. The van der Waals surface area contributed by atoms with E-state index in [1.54, 1.807) is 6.92 Å². The van der Waals surface area contributed by atoms with Crippen LogP contribution in [0.5, 0.6) is 0 Å².